The average molecular weight is 1190 g/mol. The molecule has 464 valence electrons. The van der Waals surface area contributed by atoms with Crippen LogP contribution in [0.2, 0.25) is 0 Å². The van der Waals surface area contributed by atoms with Crippen molar-refractivity contribution in [3.05, 3.63) is 0 Å². The molecule has 0 radical (unpaired) electrons. The zero-order valence-corrected chi connectivity index (χ0v) is 46.0. The third kappa shape index (κ3) is 34.9. The molecule has 39 nitrogen and oxygen atoms in total. The lowest BCUT2D eigenvalue weighted by atomic mass is 9.90. The molecule has 18 N–H and O–H groups in total. The van der Waals surface area contributed by atoms with Crippen LogP contribution in [-0.2, 0) is 101 Å². The molecule has 0 fully saturated rings. The van der Waals surface area contributed by atoms with Gasteiger partial charge in [0.2, 0.25) is 88.6 Å². The molecule has 0 aromatic rings. The van der Waals surface area contributed by atoms with Crippen LogP contribution in [0.15, 0.2) is 0 Å². The number of rotatable bonds is 39. The van der Waals surface area contributed by atoms with Crippen LogP contribution in [0.5, 0.6) is 0 Å². The summed E-state index contributed by atoms with van der Waals surface area (Å²) in [6.07, 6.45) is 0. The lowest BCUT2D eigenvalue weighted by molar-refractivity contribution is -0.148. The normalized spacial score (nSPS) is 10.3. The number of nitrogens with zero attached hydrogens (tertiary/aromatic N) is 3. The van der Waals surface area contributed by atoms with Gasteiger partial charge in [-0.05, 0) is 0 Å². The van der Waals surface area contributed by atoms with Crippen LogP contribution < -0.4 is 81.0 Å². The number of hydrogen-bond donors (Lipinski definition) is 15. The van der Waals surface area contributed by atoms with Gasteiger partial charge in [-0.25, -0.2) is 0 Å². The highest BCUT2D eigenvalue weighted by molar-refractivity contribution is 5.95. The van der Waals surface area contributed by atoms with Gasteiger partial charge in [0.05, 0.1) is 99.9 Å². The number of esters is 3. The number of nitrogens with two attached hydrogens (primary N) is 3. The van der Waals surface area contributed by atoms with Gasteiger partial charge in [-0.1, -0.05) is 6.92 Å². The Morgan fingerprint density at radius 2 is 0.482 bits per heavy atom. The van der Waals surface area contributed by atoms with Crippen molar-refractivity contribution in [3.63, 3.8) is 0 Å². The molecule has 0 unspecified atom stereocenters. The van der Waals surface area contributed by atoms with Gasteiger partial charge in [0.1, 0.15) is 39.3 Å². The summed E-state index contributed by atoms with van der Waals surface area (Å²) in [7, 11) is 3.08. The summed E-state index contributed by atoms with van der Waals surface area (Å²) in [4.78, 5) is 224. The summed E-state index contributed by atoms with van der Waals surface area (Å²) in [5, 5.41) is 27.3. The summed E-state index contributed by atoms with van der Waals surface area (Å²) in [6, 6.07) is 0. The maximum Gasteiger partial charge on any atom is 0.325 e. The molecule has 0 rings (SSSR count). The number of methoxy groups -OCH3 is 3. The molecule has 0 spiro atoms. The minimum absolute atomic E-state index is 0.352. The number of amides is 15. The van der Waals surface area contributed by atoms with Crippen molar-refractivity contribution < 1.29 is 101 Å². The molecule has 0 aliphatic carbocycles. The highest BCUT2D eigenvalue weighted by atomic mass is 16.5. The van der Waals surface area contributed by atoms with Gasteiger partial charge in [0.15, 0.2) is 0 Å². The van der Waals surface area contributed by atoms with E-state index >= 15 is 0 Å². The van der Waals surface area contributed by atoms with Gasteiger partial charge in [-0.3, -0.25) is 86.3 Å². The van der Waals surface area contributed by atoms with E-state index in [1.54, 1.807) is 0 Å². The highest BCUT2D eigenvalue weighted by Crippen LogP contribution is 2.12. The first-order valence-electron chi connectivity index (χ1n) is 24.5. The van der Waals surface area contributed by atoms with Crippen molar-refractivity contribution in [2.45, 2.75) is 6.92 Å². The molecule has 0 saturated carbocycles. The smallest absolute Gasteiger partial charge is 0.325 e. The van der Waals surface area contributed by atoms with E-state index in [9.17, 15) is 86.3 Å². The van der Waals surface area contributed by atoms with Gasteiger partial charge in [0.25, 0.3) is 0 Å². The van der Waals surface area contributed by atoms with Crippen molar-refractivity contribution in [2.75, 3.05) is 159 Å². The predicted molar refractivity (Wildman–Crippen MR) is 277 cm³/mol. The summed E-state index contributed by atoms with van der Waals surface area (Å²) >= 11 is 0. The Morgan fingerprint density at radius 1 is 0.289 bits per heavy atom. The fourth-order valence-electron chi connectivity index (χ4n) is 5.69. The van der Waals surface area contributed by atoms with Crippen molar-refractivity contribution in [3.8, 4) is 0 Å². The van der Waals surface area contributed by atoms with Crippen molar-refractivity contribution in [1.29, 1.82) is 0 Å². The highest BCUT2D eigenvalue weighted by Gasteiger charge is 2.29. The SMILES string of the molecule is COC(=O)CN(CC(=O)NCC(=O)NCC(=O)NCC(C)(CNC(=O)CNC(=O)CNC(=O)CN(CC(=O)OC)C(=O)CNC(=O)CN)CNC(=O)CNC(=O)CNC(=O)CN(CC(=O)OC)C(=O)CNC(=O)CN)C(=O)CNC(=O)CN. The van der Waals surface area contributed by atoms with Crippen LogP contribution in [0.1, 0.15) is 6.92 Å². The first-order valence-corrected chi connectivity index (χ1v) is 24.5. The van der Waals surface area contributed by atoms with Crippen molar-refractivity contribution in [2.24, 2.45) is 22.6 Å². The standard InChI is InChI=1S/C44H72N18O21/c1-44(23-57-32(69)11-48-29(66)8-51-35(72)17-60(20-41(78)81-2)38(75)14-54-26(63)5-45,24-58-33(70)12-49-30(67)9-52-36(73)18-61(21-42(79)82-3)39(76)15-55-27(64)6-46)25-59-34(71)13-50-31(68)10-53-37(74)19-62(22-43(80)83-4)40(77)16-56-28(65)7-47/h5-25,45-47H2,1-4H3,(H,48,66)(H,49,67)(H,50,68)(H,51,72)(H,52,73)(H,53,74)(H,54,63)(H,55,64)(H,56,65)(H,57,69)(H,58,70)(H,59,71). The van der Waals surface area contributed by atoms with Gasteiger partial charge in [-0.15, -0.1) is 0 Å². The topological polar surface area (TPSA) is 567 Å². The summed E-state index contributed by atoms with van der Waals surface area (Å²) in [5.74, 6) is -15.4. The van der Waals surface area contributed by atoms with Crippen LogP contribution in [0.3, 0.4) is 0 Å². The van der Waals surface area contributed by atoms with E-state index in [-0.39, 0.29) is 19.6 Å². The fourth-order valence-corrected chi connectivity index (χ4v) is 5.69. The Balaban J connectivity index is 5.76. The van der Waals surface area contributed by atoms with Crippen LogP contribution in [0.25, 0.3) is 0 Å². The minimum atomic E-state index is -1.31. The van der Waals surface area contributed by atoms with Crippen LogP contribution in [-0.4, -0.2) is 280 Å². The predicted octanol–water partition coefficient (Wildman–Crippen LogP) is -14.7. The minimum Gasteiger partial charge on any atom is -0.468 e. The summed E-state index contributed by atoms with van der Waals surface area (Å²) in [5.41, 5.74) is 14.3. The molecule has 0 aliphatic heterocycles. The zero-order chi connectivity index (χ0) is 63.1. The molecule has 0 aromatic heterocycles. The van der Waals surface area contributed by atoms with Gasteiger partial charge >= 0.3 is 17.9 Å². The average Bonchev–Trinajstić information content (AvgIpc) is 3.47. The molecule has 0 atom stereocenters. The van der Waals surface area contributed by atoms with Crippen LogP contribution in [0.4, 0.5) is 0 Å². The molecule has 0 aliphatic rings. The maximum absolute atomic E-state index is 12.9. The van der Waals surface area contributed by atoms with E-state index in [2.05, 4.69) is 78.0 Å². The van der Waals surface area contributed by atoms with Crippen LogP contribution in [0, 0.1) is 5.41 Å². The van der Waals surface area contributed by atoms with Gasteiger partial charge < -0.3 is 110 Å². The molecule has 0 bridgehead atoms. The molecule has 0 heterocycles. The van der Waals surface area contributed by atoms with E-state index < -0.39 is 230 Å². The Kier molecular flexibility index (Phi) is 35.8. The lowest BCUT2D eigenvalue weighted by Crippen LogP contribution is -2.53. The van der Waals surface area contributed by atoms with E-state index in [0.717, 1.165) is 36.0 Å². The fraction of sp³-hybridized carbons (Fsp3) is 0.591. The molecule has 39 heteroatoms. The second kappa shape index (κ2) is 40.5. The molecular formula is C44H72N18O21. The first kappa shape index (κ1) is 73.3. The Bertz CT molecular complexity index is 2120. The molecule has 83 heavy (non-hydrogen) atoms. The molecule has 0 aromatic carbocycles. The number of hydrogen-bond acceptors (Lipinski definition) is 24. The quantitative estimate of drug-likeness (QED) is 0.0201. The Hall–Kier alpha value is -9.66. The number of nitrogens with one attached hydrogen (secondary N) is 12. The second-order valence-corrected chi connectivity index (χ2v) is 17.2. The first-order chi connectivity index (χ1) is 39.1. The summed E-state index contributed by atoms with van der Waals surface area (Å²) < 4.78 is 13.6. The molecule has 0 saturated heterocycles. The van der Waals surface area contributed by atoms with E-state index in [1.807, 2.05) is 0 Å². The Labute approximate surface area is 473 Å². The van der Waals surface area contributed by atoms with Crippen LogP contribution >= 0.6 is 0 Å². The lowest BCUT2D eigenvalue weighted by Gasteiger charge is -2.30. The largest absolute Gasteiger partial charge is 0.468 e. The zero-order valence-electron chi connectivity index (χ0n) is 46.0. The van der Waals surface area contributed by atoms with Gasteiger partial charge in [-0.2, -0.15) is 0 Å². The third-order valence-corrected chi connectivity index (χ3v) is 10.4. The molecular weight excluding hydrogens is 1120 g/mol. The maximum atomic E-state index is 12.9. The van der Waals surface area contributed by atoms with Crippen molar-refractivity contribution in [1.82, 2.24) is 78.5 Å². The van der Waals surface area contributed by atoms with E-state index in [0.29, 0.717) is 0 Å². The number of carbonyl (C=O) groups is 18. The molecule has 15 amide bonds. The van der Waals surface area contributed by atoms with E-state index in [4.69, 9.17) is 17.2 Å². The third-order valence-electron chi connectivity index (χ3n) is 10.4. The van der Waals surface area contributed by atoms with Gasteiger partial charge in [0, 0.05) is 25.0 Å². The van der Waals surface area contributed by atoms with Crippen molar-refractivity contribution >= 4 is 107 Å². The second-order valence-electron chi connectivity index (χ2n) is 17.2. The Morgan fingerprint density at radius 3 is 0.687 bits per heavy atom. The summed E-state index contributed by atoms with van der Waals surface area (Å²) in [6.45, 7) is -11.4. The number of carbonyl (C=O) groups excluding carboxylic acids is 18. The van der Waals surface area contributed by atoms with E-state index in [1.165, 1.54) is 6.92 Å². The number of ether oxygens (including phenoxy) is 3. The monoisotopic (exact) mass is 1190 g/mol.